The Labute approximate surface area is 136 Å². The number of nitrogens with one attached hydrogen (secondary N) is 1. The lowest BCUT2D eigenvalue weighted by atomic mass is 10.0. The molecule has 0 saturated heterocycles. The van der Waals surface area contributed by atoms with Gasteiger partial charge in [-0.2, -0.15) is 0 Å². The van der Waals surface area contributed by atoms with Crippen molar-refractivity contribution in [2.45, 2.75) is 43.5 Å². The summed E-state index contributed by atoms with van der Waals surface area (Å²) in [5.74, 6) is 0. The number of hydrogen-bond acceptors (Lipinski definition) is 2. The standard InChI is InChI=1S/C12H16Br2ClNO2S/c1-7-5-10(14)11(6-9(7)13)19(17,18)16-12(3,4)8(2)15/h5-6,8,16H,1-4H3. The molecule has 108 valence electrons. The minimum atomic E-state index is -3.64. The Morgan fingerprint density at radius 1 is 1.26 bits per heavy atom. The van der Waals surface area contributed by atoms with Crippen molar-refractivity contribution in [1.29, 1.82) is 0 Å². The molecule has 3 nitrogen and oxygen atoms in total. The lowest BCUT2D eigenvalue weighted by Crippen LogP contribution is -2.48. The van der Waals surface area contributed by atoms with Crippen molar-refractivity contribution < 1.29 is 8.42 Å². The van der Waals surface area contributed by atoms with Gasteiger partial charge in [0.2, 0.25) is 10.0 Å². The number of benzene rings is 1. The first-order valence-corrected chi connectivity index (χ1v) is 9.11. The van der Waals surface area contributed by atoms with E-state index in [0.717, 1.165) is 10.0 Å². The molecule has 7 heteroatoms. The predicted molar refractivity (Wildman–Crippen MR) is 86.3 cm³/mol. The maximum atomic E-state index is 12.4. The summed E-state index contributed by atoms with van der Waals surface area (Å²) in [6.45, 7) is 7.15. The molecule has 1 aromatic rings. The van der Waals surface area contributed by atoms with Crippen molar-refractivity contribution in [2.75, 3.05) is 0 Å². The van der Waals surface area contributed by atoms with Gasteiger partial charge in [0.1, 0.15) is 0 Å². The van der Waals surface area contributed by atoms with Gasteiger partial charge in [0.15, 0.2) is 0 Å². The molecule has 0 spiro atoms. The molecule has 1 N–H and O–H groups in total. The van der Waals surface area contributed by atoms with Crippen LogP contribution in [0.5, 0.6) is 0 Å². The SMILES string of the molecule is Cc1cc(Br)c(S(=O)(=O)NC(C)(C)C(C)Cl)cc1Br. The van der Waals surface area contributed by atoms with E-state index < -0.39 is 15.6 Å². The molecule has 0 aliphatic heterocycles. The lowest BCUT2D eigenvalue weighted by Gasteiger charge is -2.28. The zero-order valence-corrected chi connectivity index (χ0v) is 15.8. The molecular formula is C12H16Br2ClNO2S. The Morgan fingerprint density at radius 2 is 1.79 bits per heavy atom. The molecule has 0 heterocycles. The molecule has 19 heavy (non-hydrogen) atoms. The van der Waals surface area contributed by atoms with Gasteiger partial charge in [-0.15, -0.1) is 11.6 Å². The van der Waals surface area contributed by atoms with Crippen LogP contribution in [0.25, 0.3) is 0 Å². The third-order valence-corrected chi connectivity index (χ3v) is 6.92. The molecule has 1 rings (SSSR count). The highest BCUT2D eigenvalue weighted by Gasteiger charge is 2.31. The van der Waals surface area contributed by atoms with Crippen LogP contribution in [-0.4, -0.2) is 19.3 Å². The average Bonchev–Trinajstić information content (AvgIpc) is 2.21. The Kier molecular flexibility index (Phi) is 5.52. The van der Waals surface area contributed by atoms with Gasteiger partial charge in [0.25, 0.3) is 0 Å². The van der Waals surface area contributed by atoms with E-state index >= 15 is 0 Å². The normalized spacial score (nSPS) is 14.5. The first kappa shape index (κ1) is 17.4. The van der Waals surface area contributed by atoms with Gasteiger partial charge in [0.05, 0.1) is 4.90 Å². The van der Waals surface area contributed by atoms with Crippen LogP contribution in [0, 0.1) is 6.92 Å². The van der Waals surface area contributed by atoms with Crippen LogP contribution in [-0.2, 0) is 10.0 Å². The summed E-state index contributed by atoms with van der Waals surface area (Å²) in [7, 11) is -3.64. The Morgan fingerprint density at radius 3 is 2.26 bits per heavy atom. The van der Waals surface area contributed by atoms with E-state index in [0.29, 0.717) is 4.47 Å². The quantitative estimate of drug-likeness (QED) is 0.724. The highest BCUT2D eigenvalue weighted by molar-refractivity contribution is 9.11. The van der Waals surface area contributed by atoms with E-state index in [1.165, 1.54) is 0 Å². The molecule has 0 radical (unpaired) electrons. The second-order valence-electron chi connectivity index (χ2n) is 4.98. The van der Waals surface area contributed by atoms with E-state index in [-0.39, 0.29) is 10.3 Å². The van der Waals surface area contributed by atoms with Gasteiger partial charge in [0, 0.05) is 19.9 Å². The zero-order chi connectivity index (χ0) is 15.0. The van der Waals surface area contributed by atoms with E-state index in [4.69, 9.17) is 11.6 Å². The van der Waals surface area contributed by atoms with Crippen LogP contribution in [0.3, 0.4) is 0 Å². The van der Waals surface area contributed by atoms with Crippen molar-refractivity contribution >= 4 is 53.5 Å². The molecule has 0 aliphatic rings. The smallest absolute Gasteiger partial charge is 0.207 e. The summed E-state index contributed by atoms with van der Waals surface area (Å²) in [4.78, 5) is 0.190. The van der Waals surface area contributed by atoms with Crippen LogP contribution in [0.1, 0.15) is 26.3 Å². The summed E-state index contributed by atoms with van der Waals surface area (Å²) < 4.78 is 28.7. The third kappa shape index (κ3) is 4.17. The monoisotopic (exact) mass is 431 g/mol. The van der Waals surface area contributed by atoms with Crippen LogP contribution in [0.2, 0.25) is 0 Å². The first-order chi connectivity index (χ1) is 8.47. The molecule has 0 fully saturated rings. The summed E-state index contributed by atoms with van der Waals surface area (Å²) in [5, 5.41) is -0.338. The Hall–Kier alpha value is 0.380. The van der Waals surface area contributed by atoms with Crippen molar-refractivity contribution in [3.63, 3.8) is 0 Å². The Balaban J connectivity index is 3.26. The van der Waals surface area contributed by atoms with Gasteiger partial charge in [-0.3, -0.25) is 0 Å². The van der Waals surface area contributed by atoms with Crippen LogP contribution in [0.4, 0.5) is 0 Å². The molecule has 0 saturated carbocycles. The molecule has 0 amide bonds. The molecule has 1 atom stereocenters. The second kappa shape index (κ2) is 6.02. The molecule has 0 aliphatic carbocycles. The number of sulfonamides is 1. The predicted octanol–water partition coefficient (Wildman–Crippen LogP) is 4.20. The summed E-state index contributed by atoms with van der Waals surface area (Å²) >= 11 is 12.6. The maximum Gasteiger partial charge on any atom is 0.242 e. The summed E-state index contributed by atoms with van der Waals surface area (Å²) in [6, 6.07) is 3.34. The fourth-order valence-electron chi connectivity index (χ4n) is 1.32. The molecular weight excluding hydrogens is 417 g/mol. The topological polar surface area (TPSA) is 46.2 Å². The van der Waals surface area contributed by atoms with Crippen molar-refractivity contribution in [3.05, 3.63) is 26.6 Å². The summed E-state index contributed by atoms with van der Waals surface area (Å²) in [5.41, 5.74) is 0.216. The minimum Gasteiger partial charge on any atom is -0.207 e. The molecule has 0 aromatic heterocycles. The fraction of sp³-hybridized carbons (Fsp3) is 0.500. The van der Waals surface area contributed by atoms with Gasteiger partial charge < -0.3 is 0 Å². The largest absolute Gasteiger partial charge is 0.242 e. The third-order valence-electron chi connectivity index (χ3n) is 2.89. The number of hydrogen-bond donors (Lipinski definition) is 1. The van der Waals surface area contributed by atoms with E-state index in [1.54, 1.807) is 32.9 Å². The zero-order valence-electron chi connectivity index (χ0n) is 11.1. The van der Waals surface area contributed by atoms with Crippen molar-refractivity contribution in [2.24, 2.45) is 0 Å². The highest BCUT2D eigenvalue weighted by Crippen LogP contribution is 2.30. The van der Waals surface area contributed by atoms with E-state index in [1.807, 2.05) is 6.92 Å². The van der Waals surface area contributed by atoms with Crippen LogP contribution < -0.4 is 4.72 Å². The highest BCUT2D eigenvalue weighted by atomic mass is 79.9. The molecule has 1 aromatic carbocycles. The van der Waals surface area contributed by atoms with Crippen LogP contribution in [0.15, 0.2) is 26.0 Å². The molecule has 0 bridgehead atoms. The number of aryl methyl sites for hydroxylation is 1. The van der Waals surface area contributed by atoms with Gasteiger partial charge in [-0.05, 0) is 61.3 Å². The molecule has 1 unspecified atom stereocenters. The first-order valence-electron chi connectivity index (χ1n) is 5.61. The van der Waals surface area contributed by atoms with Gasteiger partial charge >= 0.3 is 0 Å². The van der Waals surface area contributed by atoms with Gasteiger partial charge in [-0.1, -0.05) is 15.9 Å². The van der Waals surface area contributed by atoms with Gasteiger partial charge in [-0.25, -0.2) is 13.1 Å². The fourth-order valence-corrected chi connectivity index (χ4v) is 4.60. The van der Waals surface area contributed by atoms with Crippen molar-refractivity contribution in [3.8, 4) is 0 Å². The number of alkyl halides is 1. The van der Waals surface area contributed by atoms with Crippen molar-refractivity contribution in [1.82, 2.24) is 4.72 Å². The Bertz CT molecular complexity index is 586. The minimum absolute atomic E-state index is 0.190. The van der Waals surface area contributed by atoms with E-state index in [9.17, 15) is 8.42 Å². The second-order valence-corrected chi connectivity index (χ2v) is 8.99. The average molecular weight is 434 g/mol. The van der Waals surface area contributed by atoms with E-state index in [2.05, 4.69) is 36.6 Å². The number of rotatable bonds is 4. The summed E-state index contributed by atoms with van der Waals surface area (Å²) in [6.07, 6.45) is 0. The number of halogens is 3. The lowest BCUT2D eigenvalue weighted by molar-refractivity contribution is 0.445. The maximum absolute atomic E-state index is 12.4. The van der Waals surface area contributed by atoms with Crippen LogP contribution >= 0.6 is 43.5 Å².